The molecule has 21 heavy (non-hydrogen) atoms. The molecule has 1 fully saturated rings. The predicted molar refractivity (Wildman–Crippen MR) is 77.2 cm³/mol. The maximum Gasteiger partial charge on any atom is 0.244 e. The van der Waals surface area contributed by atoms with Crippen LogP contribution in [0.4, 0.5) is 0 Å². The summed E-state index contributed by atoms with van der Waals surface area (Å²) in [5, 5.41) is 7.40. The maximum absolute atomic E-state index is 5.39. The van der Waals surface area contributed by atoms with Crippen molar-refractivity contribution in [3.05, 3.63) is 29.7 Å². The van der Waals surface area contributed by atoms with Crippen molar-refractivity contribution in [2.45, 2.75) is 25.5 Å². The summed E-state index contributed by atoms with van der Waals surface area (Å²) in [6.07, 6.45) is 1.03. The summed E-state index contributed by atoms with van der Waals surface area (Å²) in [7, 11) is 3.35. The number of aryl methyl sites for hydroxylation is 1. The van der Waals surface area contributed by atoms with Gasteiger partial charge in [0.15, 0.2) is 0 Å². The van der Waals surface area contributed by atoms with Crippen LogP contribution in [0.5, 0.6) is 5.75 Å². The van der Waals surface area contributed by atoms with Crippen molar-refractivity contribution in [3.63, 3.8) is 0 Å². The van der Waals surface area contributed by atoms with Gasteiger partial charge in [-0.2, -0.15) is 4.98 Å². The molecule has 0 saturated carbocycles. The Bertz CT molecular complexity index is 626. The molecule has 2 atom stereocenters. The summed E-state index contributed by atoms with van der Waals surface area (Å²) in [5.41, 5.74) is 1.96. The van der Waals surface area contributed by atoms with Crippen molar-refractivity contribution in [3.8, 4) is 17.1 Å². The Kier molecular flexibility index (Phi) is 3.90. The van der Waals surface area contributed by atoms with E-state index in [0.717, 1.165) is 29.8 Å². The molecule has 1 aromatic carbocycles. The molecular formula is C15H19N3O3. The number of hydrogen-bond acceptors (Lipinski definition) is 6. The zero-order valence-electron chi connectivity index (χ0n) is 12.4. The van der Waals surface area contributed by atoms with Crippen molar-refractivity contribution in [2.75, 3.05) is 20.8 Å². The largest absolute Gasteiger partial charge is 0.496 e. The molecule has 2 unspecified atom stereocenters. The molecule has 3 rings (SSSR count). The van der Waals surface area contributed by atoms with Crippen LogP contribution in [0.15, 0.2) is 22.7 Å². The molecule has 0 spiro atoms. The average molecular weight is 289 g/mol. The minimum absolute atomic E-state index is 0.0487. The lowest BCUT2D eigenvalue weighted by molar-refractivity contribution is 0.116. The number of nitrogens with zero attached hydrogens (tertiary/aromatic N) is 2. The normalized spacial score (nSPS) is 21.7. The van der Waals surface area contributed by atoms with E-state index in [1.807, 2.05) is 25.1 Å². The zero-order chi connectivity index (χ0) is 14.8. The molecule has 2 heterocycles. The smallest absolute Gasteiger partial charge is 0.244 e. The molecule has 112 valence electrons. The van der Waals surface area contributed by atoms with Crippen LogP contribution in [-0.2, 0) is 4.74 Å². The Hall–Kier alpha value is -1.92. The van der Waals surface area contributed by atoms with Gasteiger partial charge < -0.3 is 19.3 Å². The number of rotatable bonds is 4. The van der Waals surface area contributed by atoms with E-state index in [0.29, 0.717) is 11.7 Å². The van der Waals surface area contributed by atoms with Crippen LogP contribution >= 0.6 is 0 Å². The second kappa shape index (κ2) is 5.83. The minimum Gasteiger partial charge on any atom is -0.496 e. The minimum atomic E-state index is 0.0487. The summed E-state index contributed by atoms with van der Waals surface area (Å²) in [5.74, 6) is 1.88. The first-order valence-electron chi connectivity index (χ1n) is 6.96. The highest BCUT2D eigenvalue weighted by molar-refractivity contribution is 5.64. The summed E-state index contributed by atoms with van der Waals surface area (Å²) in [6, 6.07) is 5.96. The molecule has 0 radical (unpaired) electrons. The number of ether oxygens (including phenoxy) is 2. The van der Waals surface area contributed by atoms with Gasteiger partial charge in [0.25, 0.3) is 0 Å². The fraction of sp³-hybridized carbons (Fsp3) is 0.467. The van der Waals surface area contributed by atoms with Crippen LogP contribution in [0.3, 0.4) is 0 Å². The quantitative estimate of drug-likeness (QED) is 0.929. The fourth-order valence-corrected chi connectivity index (χ4v) is 2.54. The summed E-state index contributed by atoms with van der Waals surface area (Å²) < 4.78 is 16.1. The van der Waals surface area contributed by atoms with Crippen LogP contribution in [-0.4, -0.2) is 37.0 Å². The molecule has 6 heteroatoms. The molecule has 0 aliphatic carbocycles. The molecular weight excluding hydrogens is 270 g/mol. The average Bonchev–Trinajstić information content (AvgIpc) is 3.15. The first-order valence-corrected chi connectivity index (χ1v) is 6.96. The third-order valence-electron chi connectivity index (χ3n) is 3.76. The lowest BCUT2D eigenvalue weighted by Crippen LogP contribution is -2.16. The maximum atomic E-state index is 5.39. The number of aromatic nitrogens is 2. The Morgan fingerprint density at radius 3 is 2.90 bits per heavy atom. The van der Waals surface area contributed by atoms with E-state index < -0.39 is 0 Å². The van der Waals surface area contributed by atoms with Gasteiger partial charge in [-0.1, -0.05) is 11.2 Å². The number of nitrogens with one attached hydrogen (secondary N) is 1. The molecule has 2 aromatic rings. The SMILES string of the molecule is COc1cc(C)ccc1-c1noc(C2CC(OC)CN2)n1. The van der Waals surface area contributed by atoms with E-state index in [9.17, 15) is 0 Å². The van der Waals surface area contributed by atoms with Gasteiger partial charge in [0.1, 0.15) is 5.75 Å². The van der Waals surface area contributed by atoms with Crippen molar-refractivity contribution >= 4 is 0 Å². The summed E-state index contributed by atoms with van der Waals surface area (Å²) in [4.78, 5) is 4.49. The molecule has 0 amide bonds. The Balaban J connectivity index is 1.85. The van der Waals surface area contributed by atoms with Gasteiger partial charge in [0.2, 0.25) is 11.7 Å². The zero-order valence-corrected chi connectivity index (χ0v) is 12.4. The summed E-state index contributed by atoms with van der Waals surface area (Å²) in [6.45, 7) is 2.81. The van der Waals surface area contributed by atoms with Crippen LogP contribution in [0.1, 0.15) is 23.9 Å². The van der Waals surface area contributed by atoms with Gasteiger partial charge in [-0.05, 0) is 31.0 Å². The van der Waals surface area contributed by atoms with Gasteiger partial charge in [0, 0.05) is 13.7 Å². The molecule has 0 bridgehead atoms. The number of hydrogen-bond donors (Lipinski definition) is 1. The van der Waals surface area contributed by atoms with E-state index in [-0.39, 0.29) is 12.1 Å². The highest BCUT2D eigenvalue weighted by atomic mass is 16.5. The van der Waals surface area contributed by atoms with Crippen molar-refractivity contribution < 1.29 is 14.0 Å². The Labute approximate surface area is 123 Å². The predicted octanol–water partition coefficient (Wildman–Crippen LogP) is 2.10. The Morgan fingerprint density at radius 2 is 2.19 bits per heavy atom. The molecule has 1 saturated heterocycles. The van der Waals surface area contributed by atoms with E-state index in [2.05, 4.69) is 15.5 Å². The second-order valence-electron chi connectivity index (χ2n) is 5.21. The molecule has 1 aromatic heterocycles. The van der Waals surface area contributed by atoms with Crippen LogP contribution in [0.25, 0.3) is 11.4 Å². The third kappa shape index (κ3) is 2.77. The molecule has 1 aliphatic heterocycles. The number of methoxy groups -OCH3 is 2. The molecule has 1 N–H and O–H groups in total. The highest BCUT2D eigenvalue weighted by Crippen LogP contribution is 2.31. The highest BCUT2D eigenvalue weighted by Gasteiger charge is 2.29. The van der Waals surface area contributed by atoms with Gasteiger partial charge >= 0.3 is 0 Å². The topological polar surface area (TPSA) is 69.4 Å². The van der Waals surface area contributed by atoms with Crippen molar-refractivity contribution in [1.82, 2.24) is 15.5 Å². The lowest BCUT2D eigenvalue weighted by Gasteiger charge is -2.06. The van der Waals surface area contributed by atoms with Crippen molar-refractivity contribution in [2.24, 2.45) is 0 Å². The van der Waals surface area contributed by atoms with Gasteiger partial charge in [-0.15, -0.1) is 0 Å². The van der Waals surface area contributed by atoms with Gasteiger partial charge in [0.05, 0.1) is 24.8 Å². The third-order valence-corrected chi connectivity index (χ3v) is 3.76. The van der Waals surface area contributed by atoms with Crippen LogP contribution in [0, 0.1) is 6.92 Å². The molecule has 6 nitrogen and oxygen atoms in total. The second-order valence-corrected chi connectivity index (χ2v) is 5.21. The van der Waals surface area contributed by atoms with Gasteiger partial charge in [-0.3, -0.25) is 0 Å². The van der Waals surface area contributed by atoms with Crippen LogP contribution in [0.2, 0.25) is 0 Å². The van der Waals surface area contributed by atoms with Crippen molar-refractivity contribution in [1.29, 1.82) is 0 Å². The monoisotopic (exact) mass is 289 g/mol. The van der Waals surface area contributed by atoms with Gasteiger partial charge in [-0.25, -0.2) is 0 Å². The number of benzene rings is 1. The summed E-state index contributed by atoms with van der Waals surface area (Å²) >= 11 is 0. The fourth-order valence-electron chi connectivity index (χ4n) is 2.54. The standard InChI is InChI=1S/C15H19N3O3/c1-9-4-5-11(13(6-9)20-3)14-17-15(21-18-14)12-7-10(19-2)8-16-12/h4-6,10,12,16H,7-8H2,1-3H3. The van der Waals surface area contributed by atoms with E-state index in [1.165, 1.54) is 0 Å². The first-order chi connectivity index (χ1) is 10.2. The first kappa shape index (κ1) is 14.0. The van der Waals surface area contributed by atoms with E-state index in [4.69, 9.17) is 14.0 Å². The van der Waals surface area contributed by atoms with E-state index >= 15 is 0 Å². The van der Waals surface area contributed by atoms with Crippen LogP contribution < -0.4 is 10.1 Å². The van der Waals surface area contributed by atoms with E-state index in [1.54, 1.807) is 14.2 Å². The lowest BCUT2D eigenvalue weighted by atomic mass is 10.1. The Morgan fingerprint density at radius 1 is 1.33 bits per heavy atom. The molecule has 1 aliphatic rings.